The van der Waals surface area contributed by atoms with Crippen LogP contribution in [0.5, 0.6) is 0 Å². The summed E-state index contributed by atoms with van der Waals surface area (Å²) in [6.45, 7) is 9.93. The minimum atomic E-state index is 0.142. The second-order valence-electron chi connectivity index (χ2n) is 7.13. The van der Waals surface area contributed by atoms with Crippen LogP contribution in [0, 0.1) is 12.3 Å². The average molecular weight is 429 g/mol. The van der Waals surface area contributed by atoms with E-state index >= 15 is 0 Å². The van der Waals surface area contributed by atoms with Crippen LogP contribution in [-0.2, 0) is 0 Å². The fourth-order valence-corrected chi connectivity index (χ4v) is 4.67. The number of nitrogens with zero attached hydrogens (tertiary/aromatic N) is 3. The summed E-state index contributed by atoms with van der Waals surface area (Å²) in [6, 6.07) is 14.3. The Balaban J connectivity index is 2.06. The summed E-state index contributed by atoms with van der Waals surface area (Å²) in [6.07, 6.45) is 10.2. The van der Waals surface area contributed by atoms with Gasteiger partial charge in [-0.05, 0) is 39.0 Å². The Hall–Kier alpha value is -2.12. The van der Waals surface area contributed by atoms with Crippen molar-refractivity contribution in [2.45, 2.75) is 26.9 Å². The molecule has 152 valence electrons. The van der Waals surface area contributed by atoms with Gasteiger partial charge in [0.1, 0.15) is 5.69 Å². The predicted octanol–water partition coefficient (Wildman–Crippen LogP) is 6.16. The van der Waals surface area contributed by atoms with Gasteiger partial charge in [-0.3, -0.25) is 4.48 Å². The van der Waals surface area contributed by atoms with Crippen LogP contribution in [0.1, 0.15) is 20.8 Å². The molecule has 1 heterocycles. The van der Waals surface area contributed by atoms with Crippen LogP contribution >= 0.6 is 23.2 Å². The second-order valence-corrected chi connectivity index (χ2v) is 7.94. The molecule has 3 rings (SSSR count). The van der Waals surface area contributed by atoms with Crippen molar-refractivity contribution in [3.05, 3.63) is 64.8 Å². The first kappa shape index (κ1) is 21.6. The molecule has 5 heteroatoms. The van der Waals surface area contributed by atoms with E-state index in [-0.39, 0.29) is 6.17 Å². The maximum absolute atomic E-state index is 6.41. The first-order valence-electron chi connectivity index (χ1n) is 10.1. The zero-order valence-electron chi connectivity index (χ0n) is 17.3. The van der Waals surface area contributed by atoms with Gasteiger partial charge in [0.05, 0.1) is 29.7 Å². The Kier molecular flexibility index (Phi) is 6.80. The van der Waals surface area contributed by atoms with E-state index in [2.05, 4.69) is 60.9 Å². The van der Waals surface area contributed by atoms with Crippen molar-refractivity contribution in [1.82, 2.24) is 4.48 Å². The van der Waals surface area contributed by atoms with Crippen molar-refractivity contribution < 1.29 is 0 Å². The highest BCUT2D eigenvalue weighted by molar-refractivity contribution is 6.42. The first-order chi connectivity index (χ1) is 14.0. The topological polar surface area (TPSA) is 6.48 Å². The van der Waals surface area contributed by atoms with E-state index in [1.54, 1.807) is 0 Å². The zero-order chi connectivity index (χ0) is 21.0. The molecule has 0 fully saturated rings. The number of para-hydroxylation sites is 1. The van der Waals surface area contributed by atoms with Crippen LogP contribution in [0.3, 0.4) is 0 Å². The number of halogens is 2. The number of likely N-dealkylation sites (N-methyl/N-ethyl adjacent to an activating group) is 2. The van der Waals surface area contributed by atoms with Gasteiger partial charge in [0, 0.05) is 30.6 Å². The second kappa shape index (κ2) is 9.13. The van der Waals surface area contributed by atoms with Gasteiger partial charge in [0.2, 0.25) is 0 Å². The molecule has 0 bridgehead atoms. The number of hydrogen-bond acceptors (Lipinski definition) is 2. The van der Waals surface area contributed by atoms with Crippen LogP contribution in [0.25, 0.3) is 0 Å². The maximum Gasteiger partial charge on any atom is 0.190 e. The molecular formula is C24H28Cl2N3+. The summed E-state index contributed by atoms with van der Waals surface area (Å²) in [5.41, 5.74) is 3.46. The smallest absolute Gasteiger partial charge is 0.190 e. The Morgan fingerprint density at radius 1 is 1.10 bits per heavy atom. The Morgan fingerprint density at radius 2 is 1.76 bits per heavy atom. The molecule has 2 aromatic rings. The lowest BCUT2D eigenvalue weighted by Gasteiger charge is -2.39. The van der Waals surface area contributed by atoms with Gasteiger partial charge in [-0.1, -0.05) is 47.3 Å². The maximum atomic E-state index is 6.41. The number of benzene rings is 2. The lowest BCUT2D eigenvalue weighted by molar-refractivity contribution is 0.268. The lowest BCUT2D eigenvalue weighted by atomic mass is 10.2. The quantitative estimate of drug-likeness (QED) is 0.384. The Labute approximate surface area is 184 Å². The molecule has 0 aliphatic carbocycles. The summed E-state index contributed by atoms with van der Waals surface area (Å²) in [7, 11) is 0. The van der Waals surface area contributed by atoms with Crippen molar-refractivity contribution in [3.8, 4) is 12.3 Å². The number of terminal acetylenes is 1. The predicted molar refractivity (Wildman–Crippen MR) is 128 cm³/mol. The van der Waals surface area contributed by atoms with E-state index in [1.165, 1.54) is 5.69 Å². The molecule has 0 amide bonds. The molecule has 1 unspecified atom stereocenters. The van der Waals surface area contributed by atoms with Crippen LogP contribution < -0.4 is 14.3 Å². The van der Waals surface area contributed by atoms with Crippen LogP contribution in [0.2, 0.25) is 10.0 Å². The van der Waals surface area contributed by atoms with Gasteiger partial charge < -0.3 is 9.80 Å². The normalized spacial score (nSPS) is 17.4. The summed E-state index contributed by atoms with van der Waals surface area (Å²) in [4.78, 5) is 4.51. The van der Waals surface area contributed by atoms with E-state index < -0.39 is 0 Å². The molecule has 29 heavy (non-hydrogen) atoms. The molecule has 0 saturated carbocycles. The van der Waals surface area contributed by atoms with Gasteiger partial charge in [-0.15, -0.1) is 6.42 Å². The van der Waals surface area contributed by atoms with Crippen molar-refractivity contribution in [1.29, 1.82) is 0 Å². The molecule has 1 aliphatic rings. The SMILES string of the molecule is C#CCN(C=CC1N(CC)c2cc(Cl)c(Cl)cc2[N+]1(CC)CC)c1ccccc1. The largest absolute Gasteiger partial charge is 0.336 e. The van der Waals surface area contributed by atoms with Crippen molar-refractivity contribution in [3.63, 3.8) is 0 Å². The summed E-state index contributed by atoms with van der Waals surface area (Å²) < 4.78 is 0.801. The van der Waals surface area contributed by atoms with Crippen molar-refractivity contribution >= 4 is 40.3 Å². The highest BCUT2D eigenvalue weighted by Crippen LogP contribution is 2.48. The summed E-state index contributed by atoms with van der Waals surface area (Å²) >= 11 is 12.8. The van der Waals surface area contributed by atoms with E-state index in [4.69, 9.17) is 29.6 Å². The Morgan fingerprint density at radius 3 is 2.34 bits per heavy atom. The fourth-order valence-electron chi connectivity index (χ4n) is 4.36. The van der Waals surface area contributed by atoms with Crippen LogP contribution in [0.4, 0.5) is 17.1 Å². The van der Waals surface area contributed by atoms with Crippen LogP contribution in [-0.4, -0.2) is 32.3 Å². The zero-order valence-corrected chi connectivity index (χ0v) is 18.8. The molecule has 0 aromatic heterocycles. The third-order valence-electron chi connectivity index (χ3n) is 5.89. The molecule has 0 N–H and O–H groups in total. The van der Waals surface area contributed by atoms with Crippen molar-refractivity contribution in [2.24, 2.45) is 0 Å². The van der Waals surface area contributed by atoms with Gasteiger partial charge >= 0.3 is 0 Å². The fraction of sp³-hybridized carbons (Fsp3) is 0.333. The van der Waals surface area contributed by atoms with Gasteiger partial charge in [0.25, 0.3) is 0 Å². The molecule has 1 aliphatic heterocycles. The van der Waals surface area contributed by atoms with Gasteiger partial charge in [-0.25, -0.2) is 0 Å². The summed E-state index contributed by atoms with van der Waals surface area (Å²) in [5.74, 6) is 2.77. The van der Waals surface area contributed by atoms with E-state index in [0.29, 0.717) is 16.6 Å². The highest BCUT2D eigenvalue weighted by atomic mass is 35.5. The monoisotopic (exact) mass is 428 g/mol. The number of fused-ring (bicyclic) bond motifs is 1. The molecule has 0 saturated heterocycles. The van der Waals surface area contributed by atoms with Crippen LogP contribution in [0.15, 0.2) is 54.7 Å². The average Bonchev–Trinajstić information content (AvgIpc) is 3.00. The lowest BCUT2D eigenvalue weighted by Crippen LogP contribution is -2.58. The van der Waals surface area contributed by atoms with E-state index in [9.17, 15) is 0 Å². The number of quaternary nitrogens is 1. The molecule has 0 spiro atoms. The molecular weight excluding hydrogens is 401 g/mol. The minimum absolute atomic E-state index is 0.142. The molecule has 3 nitrogen and oxygen atoms in total. The minimum Gasteiger partial charge on any atom is -0.336 e. The van der Waals surface area contributed by atoms with E-state index in [0.717, 1.165) is 35.5 Å². The standard InChI is InChI=1S/C24H28Cl2N3/c1-5-15-27(19-12-10-9-11-13-19)16-14-24-28(6-2)22-17-20(25)21(26)18-23(22)29(24,7-3)8-4/h1,9-14,16-18,24H,6-8,15H2,2-4H3/q+1. The van der Waals surface area contributed by atoms with Gasteiger partial charge in [-0.2, -0.15) is 0 Å². The molecule has 1 atom stereocenters. The number of rotatable bonds is 7. The Bertz CT molecular complexity index is 914. The first-order valence-corrected chi connectivity index (χ1v) is 10.8. The molecule has 0 radical (unpaired) electrons. The number of hydrogen-bond donors (Lipinski definition) is 0. The summed E-state index contributed by atoms with van der Waals surface area (Å²) in [5, 5.41) is 1.20. The number of anilines is 2. The third-order valence-corrected chi connectivity index (χ3v) is 6.61. The third kappa shape index (κ3) is 3.85. The van der Waals surface area contributed by atoms with E-state index in [1.807, 2.05) is 30.3 Å². The highest BCUT2D eigenvalue weighted by Gasteiger charge is 2.48. The molecule has 2 aromatic carbocycles. The van der Waals surface area contributed by atoms with Crippen molar-refractivity contribution in [2.75, 3.05) is 36.0 Å². The van der Waals surface area contributed by atoms with Gasteiger partial charge in [0.15, 0.2) is 11.9 Å².